The minimum atomic E-state index is 0. The van der Waals surface area contributed by atoms with Gasteiger partial charge in [-0.25, -0.2) is 9.97 Å². The predicted molar refractivity (Wildman–Crippen MR) is 76.1 cm³/mol. The van der Waals surface area contributed by atoms with Crippen molar-refractivity contribution in [3.63, 3.8) is 0 Å². The average molecular weight is 266 g/mol. The first-order valence-corrected chi connectivity index (χ1v) is 5.82. The van der Waals surface area contributed by atoms with Gasteiger partial charge in [0.15, 0.2) is 11.6 Å². The van der Waals surface area contributed by atoms with Crippen LogP contribution in [0.25, 0.3) is 11.0 Å². The van der Waals surface area contributed by atoms with E-state index in [1.165, 1.54) is 0 Å². The van der Waals surface area contributed by atoms with Gasteiger partial charge in [-0.15, -0.1) is 12.4 Å². The molecule has 96 valence electrons. The van der Waals surface area contributed by atoms with Gasteiger partial charge in [-0.1, -0.05) is 12.1 Å². The second kappa shape index (κ2) is 5.37. The van der Waals surface area contributed by atoms with Crippen LogP contribution in [-0.2, 0) is 0 Å². The Balaban J connectivity index is 0.00000120. The second-order valence-corrected chi connectivity index (χ2v) is 4.28. The van der Waals surface area contributed by atoms with E-state index in [-0.39, 0.29) is 12.4 Å². The number of halogens is 1. The molecule has 0 saturated carbocycles. The second-order valence-electron chi connectivity index (χ2n) is 4.28. The molecular formula is C12H16ClN5. The third-order valence-corrected chi connectivity index (χ3v) is 3.00. The van der Waals surface area contributed by atoms with Crippen LogP contribution in [0.15, 0.2) is 24.3 Å². The number of anilines is 2. The summed E-state index contributed by atoms with van der Waals surface area (Å²) in [5.74, 6) is 1.16. The Kier molecular flexibility index (Phi) is 3.84. The molecule has 0 aliphatic carbocycles. The molecule has 0 amide bonds. The number of benzene rings is 1. The quantitative estimate of drug-likeness (QED) is 0.765. The van der Waals surface area contributed by atoms with Gasteiger partial charge in [-0.05, 0) is 25.1 Å². The van der Waals surface area contributed by atoms with Crippen molar-refractivity contribution in [3.8, 4) is 0 Å². The minimum Gasteiger partial charge on any atom is -0.381 e. The van der Waals surface area contributed by atoms with Crippen LogP contribution in [0.1, 0.15) is 6.42 Å². The number of aromatic nitrogens is 2. The largest absolute Gasteiger partial charge is 0.381 e. The van der Waals surface area contributed by atoms with E-state index in [9.17, 15) is 0 Å². The summed E-state index contributed by atoms with van der Waals surface area (Å²) in [7, 11) is 0. The summed E-state index contributed by atoms with van der Waals surface area (Å²) in [6.45, 7) is 1.99. The molecular weight excluding hydrogens is 250 g/mol. The number of nitrogens with zero attached hydrogens (tertiary/aromatic N) is 2. The maximum absolute atomic E-state index is 5.91. The molecule has 1 aromatic carbocycles. The van der Waals surface area contributed by atoms with Crippen LogP contribution >= 0.6 is 12.4 Å². The highest BCUT2D eigenvalue weighted by Crippen LogP contribution is 2.19. The maximum Gasteiger partial charge on any atom is 0.169 e. The topological polar surface area (TPSA) is 75.9 Å². The molecule has 1 aromatic heterocycles. The van der Waals surface area contributed by atoms with E-state index in [4.69, 9.17) is 5.73 Å². The summed E-state index contributed by atoms with van der Waals surface area (Å²) in [5.41, 5.74) is 7.61. The molecule has 2 aromatic rings. The van der Waals surface area contributed by atoms with Crippen LogP contribution in [0.5, 0.6) is 0 Å². The summed E-state index contributed by atoms with van der Waals surface area (Å²) in [6.07, 6.45) is 1.09. The van der Waals surface area contributed by atoms with Gasteiger partial charge in [0.05, 0.1) is 11.0 Å². The summed E-state index contributed by atoms with van der Waals surface area (Å²) >= 11 is 0. The summed E-state index contributed by atoms with van der Waals surface area (Å²) in [5, 5.41) is 6.64. The van der Waals surface area contributed by atoms with Gasteiger partial charge in [-0.2, -0.15) is 0 Å². The lowest BCUT2D eigenvalue weighted by atomic mass is 10.2. The van der Waals surface area contributed by atoms with Crippen molar-refractivity contribution >= 4 is 35.1 Å². The predicted octanol–water partition coefficient (Wildman–Crippen LogP) is 1.41. The Morgan fingerprint density at radius 1 is 1.22 bits per heavy atom. The van der Waals surface area contributed by atoms with Gasteiger partial charge >= 0.3 is 0 Å². The first-order chi connectivity index (χ1) is 8.33. The summed E-state index contributed by atoms with van der Waals surface area (Å²) < 4.78 is 0. The lowest BCUT2D eigenvalue weighted by molar-refractivity contribution is 0.788. The molecule has 1 fully saturated rings. The average Bonchev–Trinajstić information content (AvgIpc) is 2.83. The van der Waals surface area contributed by atoms with E-state index in [2.05, 4.69) is 20.6 Å². The molecule has 1 unspecified atom stereocenters. The number of rotatable bonds is 2. The van der Waals surface area contributed by atoms with E-state index in [1.807, 2.05) is 24.3 Å². The van der Waals surface area contributed by atoms with Crippen LogP contribution in [0, 0.1) is 0 Å². The molecule has 6 heteroatoms. The van der Waals surface area contributed by atoms with Crippen molar-refractivity contribution in [2.24, 2.45) is 0 Å². The zero-order chi connectivity index (χ0) is 11.7. The van der Waals surface area contributed by atoms with Crippen molar-refractivity contribution in [1.29, 1.82) is 0 Å². The van der Waals surface area contributed by atoms with Gasteiger partial charge in [-0.3, -0.25) is 0 Å². The molecule has 2 heterocycles. The fourth-order valence-corrected chi connectivity index (χ4v) is 2.09. The monoisotopic (exact) mass is 265 g/mol. The number of para-hydroxylation sites is 2. The number of hydrogen-bond acceptors (Lipinski definition) is 5. The normalized spacial score (nSPS) is 18.6. The smallest absolute Gasteiger partial charge is 0.169 e. The van der Waals surface area contributed by atoms with E-state index in [0.717, 1.165) is 30.5 Å². The van der Waals surface area contributed by atoms with Gasteiger partial charge in [0.1, 0.15) is 0 Å². The van der Waals surface area contributed by atoms with E-state index in [1.54, 1.807) is 0 Å². The molecule has 5 nitrogen and oxygen atoms in total. The standard InChI is InChI=1S/C12H15N5.ClH/c13-11-12(15-8-5-6-14-7-8)17-10-4-2-1-3-9(10)16-11;/h1-4,8,14H,5-7H2,(H2,13,16)(H,15,17);1H. The minimum absolute atomic E-state index is 0. The van der Waals surface area contributed by atoms with Crippen LogP contribution < -0.4 is 16.4 Å². The van der Waals surface area contributed by atoms with Crippen molar-refractivity contribution < 1.29 is 0 Å². The molecule has 18 heavy (non-hydrogen) atoms. The highest BCUT2D eigenvalue weighted by molar-refractivity contribution is 5.85. The number of nitrogens with two attached hydrogens (primary N) is 1. The molecule has 0 radical (unpaired) electrons. The molecule has 0 spiro atoms. The zero-order valence-corrected chi connectivity index (χ0v) is 10.7. The Morgan fingerprint density at radius 3 is 2.61 bits per heavy atom. The highest BCUT2D eigenvalue weighted by Gasteiger charge is 2.16. The van der Waals surface area contributed by atoms with E-state index >= 15 is 0 Å². The third-order valence-electron chi connectivity index (χ3n) is 3.00. The molecule has 4 N–H and O–H groups in total. The molecule has 1 atom stereocenters. The summed E-state index contributed by atoms with van der Waals surface area (Å²) in [6, 6.07) is 8.14. The number of nitrogens with one attached hydrogen (secondary N) is 2. The number of hydrogen-bond donors (Lipinski definition) is 3. The van der Waals surface area contributed by atoms with Crippen LogP contribution in [0.4, 0.5) is 11.6 Å². The van der Waals surface area contributed by atoms with Crippen molar-refractivity contribution in [2.75, 3.05) is 24.1 Å². The van der Waals surface area contributed by atoms with Gasteiger partial charge in [0, 0.05) is 12.6 Å². The third kappa shape index (κ3) is 2.47. The van der Waals surface area contributed by atoms with Crippen molar-refractivity contribution in [2.45, 2.75) is 12.5 Å². The molecule has 3 rings (SSSR count). The van der Waals surface area contributed by atoms with Crippen molar-refractivity contribution in [1.82, 2.24) is 15.3 Å². The van der Waals surface area contributed by atoms with Gasteiger partial charge in [0.2, 0.25) is 0 Å². The lowest BCUT2D eigenvalue weighted by Gasteiger charge is -2.13. The summed E-state index contributed by atoms with van der Waals surface area (Å²) in [4.78, 5) is 8.86. The van der Waals surface area contributed by atoms with Crippen LogP contribution in [0.3, 0.4) is 0 Å². The Morgan fingerprint density at radius 2 is 1.94 bits per heavy atom. The Bertz CT molecular complexity index is 539. The fourth-order valence-electron chi connectivity index (χ4n) is 2.09. The van der Waals surface area contributed by atoms with Gasteiger partial charge < -0.3 is 16.4 Å². The van der Waals surface area contributed by atoms with E-state index in [0.29, 0.717) is 17.7 Å². The molecule has 1 aliphatic rings. The Labute approximate surface area is 112 Å². The first-order valence-electron chi connectivity index (χ1n) is 5.82. The lowest BCUT2D eigenvalue weighted by Crippen LogP contribution is -2.23. The highest BCUT2D eigenvalue weighted by atomic mass is 35.5. The van der Waals surface area contributed by atoms with Crippen molar-refractivity contribution in [3.05, 3.63) is 24.3 Å². The first kappa shape index (κ1) is 12.9. The van der Waals surface area contributed by atoms with Crippen LogP contribution in [-0.4, -0.2) is 29.1 Å². The Hall–Kier alpha value is -1.59. The SMILES string of the molecule is Cl.Nc1nc2ccccc2nc1NC1CCNC1. The van der Waals surface area contributed by atoms with Crippen LogP contribution in [0.2, 0.25) is 0 Å². The molecule has 0 bridgehead atoms. The number of nitrogen functional groups attached to an aromatic ring is 1. The molecule has 1 aliphatic heterocycles. The zero-order valence-electron chi connectivity index (χ0n) is 9.89. The molecule has 1 saturated heterocycles. The number of fused-ring (bicyclic) bond motifs is 1. The van der Waals surface area contributed by atoms with E-state index < -0.39 is 0 Å². The fraction of sp³-hybridized carbons (Fsp3) is 0.333. The maximum atomic E-state index is 5.91. The van der Waals surface area contributed by atoms with Gasteiger partial charge in [0.25, 0.3) is 0 Å².